The molecule has 2 aromatic carbocycles. The van der Waals surface area contributed by atoms with E-state index in [0.717, 1.165) is 5.56 Å². The largest absolute Gasteiger partial charge is 0.503 e. The van der Waals surface area contributed by atoms with Gasteiger partial charge in [-0.3, -0.25) is 0 Å². The van der Waals surface area contributed by atoms with Crippen LogP contribution in [0.15, 0.2) is 18.2 Å². The average molecular weight is 498 g/mol. The Balaban J connectivity index is 2.16. The predicted octanol–water partition coefficient (Wildman–Crippen LogP) is 4.86. The van der Waals surface area contributed by atoms with E-state index in [1.54, 1.807) is 12.1 Å². The van der Waals surface area contributed by atoms with Gasteiger partial charge < -0.3 is 24.4 Å². The molecule has 0 fully saturated rings. The number of phenols is 1. The number of carbonyl (C=O) groups is 1. The van der Waals surface area contributed by atoms with E-state index in [9.17, 15) is 15.0 Å². The normalized spacial score (nSPS) is 14.3. The summed E-state index contributed by atoms with van der Waals surface area (Å²) in [5.74, 6) is 0.341. The van der Waals surface area contributed by atoms with Crippen LogP contribution in [-0.2, 0) is 11.3 Å². The fourth-order valence-corrected chi connectivity index (χ4v) is 3.69. The van der Waals surface area contributed by atoms with E-state index in [4.69, 9.17) is 14.2 Å². The van der Waals surface area contributed by atoms with Crippen LogP contribution >= 0.6 is 22.6 Å². The van der Waals surface area contributed by atoms with E-state index >= 15 is 0 Å². The Kier molecular flexibility index (Phi) is 6.04. The lowest BCUT2D eigenvalue weighted by Gasteiger charge is -2.24. The van der Waals surface area contributed by atoms with Gasteiger partial charge in [-0.1, -0.05) is 13.8 Å². The summed E-state index contributed by atoms with van der Waals surface area (Å²) in [6, 6.07) is 5.10. The minimum Gasteiger partial charge on any atom is -0.503 e. The van der Waals surface area contributed by atoms with Gasteiger partial charge in [0.2, 0.25) is 0 Å². The van der Waals surface area contributed by atoms with Crippen molar-refractivity contribution in [3.63, 3.8) is 0 Å². The molecule has 1 aliphatic rings. The molecule has 6 nitrogen and oxygen atoms in total. The smallest absolute Gasteiger partial charge is 0.346 e. The summed E-state index contributed by atoms with van der Waals surface area (Å²) < 4.78 is 17.5. The van der Waals surface area contributed by atoms with Crippen molar-refractivity contribution in [1.29, 1.82) is 0 Å². The van der Waals surface area contributed by atoms with Crippen molar-refractivity contribution in [1.82, 2.24) is 0 Å². The van der Waals surface area contributed by atoms with Gasteiger partial charge >= 0.3 is 5.97 Å². The molecule has 0 saturated carbocycles. The second-order valence-electron chi connectivity index (χ2n) is 7.23. The molecule has 3 rings (SSSR count). The molecule has 1 aliphatic heterocycles. The number of aliphatic hydroxyl groups excluding tert-OH is 1. The molecule has 0 spiro atoms. The molecule has 0 aromatic heterocycles. The highest BCUT2D eigenvalue weighted by Crippen LogP contribution is 2.45. The van der Waals surface area contributed by atoms with Crippen LogP contribution in [0.5, 0.6) is 23.0 Å². The van der Waals surface area contributed by atoms with Crippen molar-refractivity contribution in [2.75, 3.05) is 7.11 Å². The van der Waals surface area contributed by atoms with E-state index < -0.39 is 12.1 Å². The summed E-state index contributed by atoms with van der Waals surface area (Å²) in [4.78, 5) is 12.8. The van der Waals surface area contributed by atoms with Crippen molar-refractivity contribution in [2.24, 2.45) is 5.92 Å². The Morgan fingerprint density at radius 2 is 2.04 bits per heavy atom. The Hall–Kier alpha value is -2.00. The Morgan fingerprint density at radius 1 is 1.32 bits per heavy atom. The summed E-state index contributed by atoms with van der Waals surface area (Å²) in [7, 11) is 1.44. The molecule has 0 unspecified atom stereocenters. The number of halogens is 1. The van der Waals surface area contributed by atoms with E-state index in [1.165, 1.54) is 7.11 Å². The van der Waals surface area contributed by atoms with Gasteiger partial charge in [0.05, 0.1) is 16.8 Å². The van der Waals surface area contributed by atoms with Crippen molar-refractivity contribution in [3.8, 4) is 23.0 Å². The fourth-order valence-electron chi connectivity index (χ4n) is 3.29. The number of fused-ring (bicyclic) bond motifs is 2. The zero-order chi connectivity index (χ0) is 20.6. The molecule has 0 amide bonds. The molecule has 28 heavy (non-hydrogen) atoms. The van der Waals surface area contributed by atoms with Crippen molar-refractivity contribution >= 4 is 28.6 Å². The van der Waals surface area contributed by atoms with E-state index in [-0.39, 0.29) is 41.1 Å². The Labute approximate surface area is 177 Å². The van der Waals surface area contributed by atoms with Crippen LogP contribution in [0.2, 0.25) is 0 Å². The molecule has 1 atom stereocenters. The number of benzene rings is 2. The highest BCUT2D eigenvalue weighted by atomic mass is 127. The van der Waals surface area contributed by atoms with Gasteiger partial charge in [0.15, 0.2) is 11.5 Å². The lowest BCUT2D eigenvalue weighted by atomic mass is 9.96. The quantitative estimate of drug-likeness (QED) is 0.463. The lowest BCUT2D eigenvalue weighted by Crippen LogP contribution is -2.15. The molecule has 0 saturated heterocycles. The summed E-state index contributed by atoms with van der Waals surface area (Å²) in [6.07, 6.45) is -0.269. The lowest BCUT2D eigenvalue weighted by molar-refractivity contribution is 0.0453. The first-order chi connectivity index (χ1) is 13.2. The molecular formula is C21H23IO6. The Morgan fingerprint density at radius 3 is 2.68 bits per heavy atom. The summed E-state index contributed by atoms with van der Waals surface area (Å²) in [5.41, 5.74) is 2.04. The van der Waals surface area contributed by atoms with E-state index in [1.807, 2.05) is 49.4 Å². The maximum atomic E-state index is 12.8. The SMILES string of the molecule is COc1c([C@@H](O)CC(C)C)ccc2c1C(=O)OCc1cc(C)c(I)c(O)c1O2. The number of hydrogen-bond donors (Lipinski definition) is 2. The molecule has 150 valence electrons. The van der Waals surface area contributed by atoms with E-state index in [0.29, 0.717) is 21.1 Å². The third-order valence-electron chi connectivity index (χ3n) is 4.63. The zero-order valence-corrected chi connectivity index (χ0v) is 18.4. The topological polar surface area (TPSA) is 85.2 Å². The molecule has 0 aliphatic carbocycles. The number of cyclic esters (lactones) is 1. The van der Waals surface area contributed by atoms with Gasteiger partial charge in [-0.05, 0) is 65.6 Å². The fraction of sp³-hybridized carbons (Fsp3) is 0.381. The number of aryl methyl sites for hydroxylation is 1. The maximum Gasteiger partial charge on any atom is 0.346 e. The molecule has 2 N–H and O–H groups in total. The highest BCUT2D eigenvalue weighted by Gasteiger charge is 2.30. The maximum absolute atomic E-state index is 12.8. The summed E-state index contributed by atoms with van der Waals surface area (Å²) in [5, 5.41) is 21.1. The minimum atomic E-state index is -0.789. The van der Waals surface area contributed by atoms with Gasteiger partial charge in [-0.25, -0.2) is 4.79 Å². The van der Waals surface area contributed by atoms with Gasteiger partial charge in [0.25, 0.3) is 0 Å². The Bertz CT molecular complexity index is 922. The predicted molar refractivity (Wildman–Crippen MR) is 112 cm³/mol. The number of esters is 1. The van der Waals surface area contributed by atoms with Gasteiger partial charge in [0, 0.05) is 11.1 Å². The van der Waals surface area contributed by atoms with Gasteiger partial charge in [0.1, 0.15) is 23.7 Å². The van der Waals surface area contributed by atoms with Crippen LogP contribution in [0.1, 0.15) is 53.4 Å². The zero-order valence-electron chi connectivity index (χ0n) is 16.2. The molecule has 7 heteroatoms. The van der Waals surface area contributed by atoms with Crippen molar-refractivity contribution < 1.29 is 29.2 Å². The van der Waals surface area contributed by atoms with Crippen LogP contribution < -0.4 is 9.47 Å². The van der Waals surface area contributed by atoms with Gasteiger partial charge in [-0.2, -0.15) is 0 Å². The third kappa shape index (κ3) is 3.77. The average Bonchev–Trinajstić information content (AvgIpc) is 2.64. The number of ether oxygens (including phenoxy) is 3. The first kappa shape index (κ1) is 20.7. The molecule has 2 aromatic rings. The van der Waals surface area contributed by atoms with Crippen molar-refractivity contribution in [2.45, 2.75) is 39.9 Å². The first-order valence-corrected chi connectivity index (χ1v) is 10.1. The number of methoxy groups -OCH3 is 1. The van der Waals surface area contributed by atoms with Crippen LogP contribution in [0.3, 0.4) is 0 Å². The summed E-state index contributed by atoms with van der Waals surface area (Å²) >= 11 is 2.04. The summed E-state index contributed by atoms with van der Waals surface area (Å²) in [6.45, 7) is 5.83. The molecule has 0 bridgehead atoms. The molecular weight excluding hydrogens is 475 g/mol. The number of phenolic OH excluding ortho intramolecular Hbond substituents is 1. The monoisotopic (exact) mass is 498 g/mol. The second-order valence-corrected chi connectivity index (χ2v) is 8.31. The number of carbonyl (C=O) groups excluding carboxylic acids is 1. The van der Waals surface area contributed by atoms with Crippen molar-refractivity contribution in [3.05, 3.63) is 44.0 Å². The van der Waals surface area contributed by atoms with Crippen LogP contribution in [-0.4, -0.2) is 23.3 Å². The molecule has 1 heterocycles. The highest BCUT2D eigenvalue weighted by molar-refractivity contribution is 14.1. The number of aliphatic hydroxyl groups is 1. The van der Waals surface area contributed by atoms with E-state index in [2.05, 4.69) is 0 Å². The second kappa shape index (κ2) is 8.16. The van der Waals surface area contributed by atoms with Crippen LogP contribution in [0.4, 0.5) is 0 Å². The number of hydrogen-bond acceptors (Lipinski definition) is 6. The first-order valence-electron chi connectivity index (χ1n) is 8.99. The number of rotatable bonds is 4. The van der Waals surface area contributed by atoms with Gasteiger partial charge in [-0.15, -0.1) is 0 Å². The molecule has 0 radical (unpaired) electrons. The van der Waals surface area contributed by atoms with Crippen LogP contribution in [0.25, 0.3) is 0 Å². The third-order valence-corrected chi connectivity index (χ3v) is 6.00. The van der Waals surface area contributed by atoms with Crippen LogP contribution in [0, 0.1) is 16.4 Å². The number of aromatic hydroxyl groups is 1. The minimum absolute atomic E-state index is 0.00221. The standard InChI is InChI=1S/C21H23IO6/c1-10(2)7-14(23)13-5-6-15-16(20(13)26-4)21(25)27-9-12-8-11(3)17(22)18(24)19(12)28-15/h5-6,8,10,14,23-24H,7,9H2,1-4H3/t14-/m0/s1.